The molecule has 0 aromatic carbocycles. The fourth-order valence-corrected chi connectivity index (χ4v) is 2.14. The van der Waals surface area contributed by atoms with Crippen LogP contribution in [0.15, 0.2) is 35.0 Å². The molecule has 0 unspecified atom stereocenters. The smallest absolute Gasteiger partial charge is 0.394 e. The van der Waals surface area contributed by atoms with E-state index in [0.717, 1.165) is 24.0 Å². The lowest BCUT2D eigenvalue weighted by Crippen LogP contribution is -2.19. The molecule has 6 nitrogen and oxygen atoms in total. The molecule has 0 radical (unpaired) electrons. The van der Waals surface area contributed by atoms with Crippen molar-refractivity contribution in [3.05, 3.63) is 36.2 Å². The molecule has 0 saturated carbocycles. The zero-order chi connectivity index (χ0) is 16.2. The Morgan fingerprint density at radius 3 is 2.77 bits per heavy atom. The van der Waals surface area contributed by atoms with Crippen LogP contribution >= 0.6 is 11.8 Å². The summed E-state index contributed by atoms with van der Waals surface area (Å²) in [7, 11) is 0. The number of pyridine rings is 1. The van der Waals surface area contributed by atoms with Gasteiger partial charge in [-0.1, -0.05) is 5.16 Å². The number of oxime groups is 1. The summed E-state index contributed by atoms with van der Waals surface area (Å²) in [5.41, 5.74) is -0.589. The van der Waals surface area contributed by atoms with Gasteiger partial charge in [-0.15, -0.1) is 11.8 Å². The molecule has 0 bridgehead atoms. The lowest BCUT2D eigenvalue weighted by molar-refractivity contribution is -0.138. The van der Waals surface area contributed by atoms with Crippen LogP contribution in [-0.4, -0.2) is 38.4 Å². The first-order valence-corrected chi connectivity index (χ1v) is 7.36. The van der Waals surface area contributed by atoms with Gasteiger partial charge in [-0.25, -0.2) is 4.98 Å². The van der Waals surface area contributed by atoms with E-state index in [2.05, 4.69) is 20.2 Å². The number of thioether (sulfide) groups is 1. The number of aromatic nitrogens is 4. The minimum Gasteiger partial charge on any atom is -0.394 e. The molecule has 2 aromatic rings. The van der Waals surface area contributed by atoms with Gasteiger partial charge in [-0.3, -0.25) is 4.98 Å². The summed E-state index contributed by atoms with van der Waals surface area (Å²) in [5, 5.41) is 7.79. The van der Waals surface area contributed by atoms with Crippen molar-refractivity contribution in [1.29, 1.82) is 0 Å². The maximum Gasteiger partial charge on any atom is 0.417 e. The Bertz CT molecular complexity index is 657. The second-order valence-corrected chi connectivity index (χ2v) is 4.79. The van der Waals surface area contributed by atoms with E-state index < -0.39 is 11.7 Å². The van der Waals surface area contributed by atoms with E-state index in [-0.39, 0.29) is 11.5 Å². The fraction of sp³-hybridized carbons (Fsp3) is 0.333. The Morgan fingerprint density at radius 2 is 2.23 bits per heavy atom. The van der Waals surface area contributed by atoms with Crippen LogP contribution in [0.1, 0.15) is 18.2 Å². The van der Waals surface area contributed by atoms with E-state index in [9.17, 15) is 13.2 Å². The van der Waals surface area contributed by atoms with Crippen LogP contribution in [0.5, 0.6) is 0 Å². The predicted octanol–water partition coefficient (Wildman–Crippen LogP) is 2.66. The molecule has 2 aromatic heterocycles. The Kier molecular flexibility index (Phi) is 5.01. The molecule has 0 amide bonds. The van der Waals surface area contributed by atoms with E-state index in [1.54, 1.807) is 13.2 Å². The second-order valence-electron chi connectivity index (χ2n) is 3.95. The number of rotatable bonds is 4. The van der Waals surface area contributed by atoms with Crippen molar-refractivity contribution in [1.82, 2.24) is 19.7 Å². The van der Waals surface area contributed by atoms with Crippen LogP contribution in [0.25, 0.3) is 0 Å². The van der Waals surface area contributed by atoms with Crippen molar-refractivity contribution < 1.29 is 18.0 Å². The molecule has 0 aliphatic heterocycles. The summed E-state index contributed by atoms with van der Waals surface area (Å²) >= 11 is 1.12. The van der Waals surface area contributed by atoms with E-state index in [1.165, 1.54) is 17.3 Å². The molecular weight excluding hydrogens is 319 g/mol. The third-order valence-electron chi connectivity index (χ3n) is 2.53. The molecule has 10 heteroatoms. The molecule has 2 rings (SSSR count). The summed E-state index contributed by atoms with van der Waals surface area (Å²) in [6.07, 6.45) is 0.597. The maximum absolute atomic E-state index is 12.8. The molecule has 22 heavy (non-hydrogen) atoms. The third-order valence-corrected chi connectivity index (χ3v) is 3.28. The van der Waals surface area contributed by atoms with Crippen molar-refractivity contribution in [3.8, 4) is 0 Å². The monoisotopic (exact) mass is 331 g/mol. The van der Waals surface area contributed by atoms with Gasteiger partial charge in [0.1, 0.15) is 25.0 Å². The number of alkyl halides is 3. The number of nitrogens with zero attached hydrogens (tertiary/aromatic N) is 5. The van der Waals surface area contributed by atoms with Gasteiger partial charge in [0.2, 0.25) is 5.84 Å². The second kappa shape index (κ2) is 6.77. The van der Waals surface area contributed by atoms with Gasteiger partial charge in [0, 0.05) is 11.1 Å². The highest BCUT2D eigenvalue weighted by molar-refractivity contribution is 7.98. The third kappa shape index (κ3) is 3.56. The van der Waals surface area contributed by atoms with Gasteiger partial charge in [0.15, 0.2) is 0 Å². The SMILES string of the molecule is CCO/N=C(\c1ncc(C(F)(F)F)cc1SC)n1cncn1. The normalized spacial score (nSPS) is 12.5. The van der Waals surface area contributed by atoms with E-state index in [4.69, 9.17) is 4.84 Å². The average Bonchev–Trinajstić information content (AvgIpc) is 3.01. The number of hydrogen-bond donors (Lipinski definition) is 0. The van der Waals surface area contributed by atoms with Crippen LogP contribution in [0, 0.1) is 0 Å². The van der Waals surface area contributed by atoms with Gasteiger partial charge in [-0.2, -0.15) is 23.0 Å². The molecule has 0 aliphatic rings. The largest absolute Gasteiger partial charge is 0.417 e. The number of halogens is 3. The summed E-state index contributed by atoms with van der Waals surface area (Å²) in [6, 6.07) is 1.02. The molecule has 2 heterocycles. The van der Waals surface area contributed by atoms with Gasteiger partial charge < -0.3 is 4.84 Å². The van der Waals surface area contributed by atoms with E-state index >= 15 is 0 Å². The Balaban J connectivity index is 2.52. The topological polar surface area (TPSA) is 65.2 Å². The summed E-state index contributed by atoms with van der Waals surface area (Å²) in [6.45, 7) is 2.03. The van der Waals surface area contributed by atoms with Crippen LogP contribution in [0.2, 0.25) is 0 Å². The molecule has 0 spiro atoms. The Morgan fingerprint density at radius 1 is 1.45 bits per heavy atom. The van der Waals surface area contributed by atoms with Crippen molar-refractivity contribution in [2.75, 3.05) is 12.9 Å². The van der Waals surface area contributed by atoms with Gasteiger partial charge in [-0.05, 0) is 19.2 Å². The van der Waals surface area contributed by atoms with E-state index in [0.29, 0.717) is 11.5 Å². The summed E-state index contributed by atoms with van der Waals surface area (Å²) < 4.78 is 39.6. The lowest BCUT2D eigenvalue weighted by atomic mass is 10.2. The van der Waals surface area contributed by atoms with Crippen LogP contribution < -0.4 is 0 Å². The highest BCUT2D eigenvalue weighted by Crippen LogP contribution is 2.32. The number of hydrogen-bond acceptors (Lipinski definition) is 6. The maximum atomic E-state index is 12.8. The molecule has 118 valence electrons. The molecule has 0 saturated heterocycles. The quantitative estimate of drug-likeness (QED) is 0.373. The first kappa shape index (κ1) is 16.3. The molecule has 0 fully saturated rings. The van der Waals surface area contributed by atoms with Crippen LogP contribution in [0.4, 0.5) is 13.2 Å². The summed E-state index contributed by atoms with van der Waals surface area (Å²) in [4.78, 5) is 13.0. The highest BCUT2D eigenvalue weighted by atomic mass is 32.2. The first-order chi connectivity index (χ1) is 10.5. The van der Waals surface area contributed by atoms with Gasteiger partial charge in [0.05, 0.1) is 5.56 Å². The van der Waals surface area contributed by atoms with Gasteiger partial charge in [0.25, 0.3) is 0 Å². The molecule has 0 atom stereocenters. The molecular formula is C12H12F3N5OS. The van der Waals surface area contributed by atoms with Gasteiger partial charge >= 0.3 is 6.18 Å². The van der Waals surface area contributed by atoms with Crippen LogP contribution in [-0.2, 0) is 11.0 Å². The van der Waals surface area contributed by atoms with Crippen molar-refractivity contribution in [3.63, 3.8) is 0 Å². The zero-order valence-electron chi connectivity index (χ0n) is 11.7. The first-order valence-electron chi connectivity index (χ1n) is 6.14. The van der Waals surface area contributed by atoms with Crippen molar-refractivity contribution in [2.45, 2.75) is 18.0 Å². The standard InChI is InChI=1S/C12H12F3N5OS/c1-3-21-19-11(20-7-16-6-18-20)10-9(22-2)4-8(5-17-10)12(13,14)15/h4-7H,3H2,1-2H3/b19-11+. The Labute approximate surface area is 128 Å². The molecule has 0 N–H and O–H groups in total. The predicted molar refractivity (Wildman–Crippen MR) is 74.6 cm³/mol. The minimum atomic E-state index is -4.46. The fourth-order valence-electron chi connectivity index (χ4n) is 1.56. The van der Waals surface area contributed by atoms with Crippen LogP contribution in [0.3, 0.4) is 0 Å². The minimum absolute atomic E-state index is 0.164. The Hall–Kier alpha value is -2.10. The van der Waals surface area contributed by atoms with Crippen molar-refractivity contribution in [2.24, 2.45) is 5.16 Å². The average molecular weight is 331 g/mol. The molecule has 0 aliphatic carbocycles. The van der Waals surface area contributed by atoms with E-state index in [1.807, 2.05) is 0 Å². The van der Waals surface area contributed by atoms with Crippen molar-refractivity contribution >= 4 is 17.6 Å². The zero-order valence-corrected chi connectivity index (χ0v) is 12.5. The highest BCUT2D eigenvalue weighted by Gasteiger charge is 2.32. The lowest BCUT2D eigenvalue weighted by Gasteiger charge is -2.12. The summed E-state index contributed by atoms with van der Waals surface area (Å²) in [5.74, 6) is 0.164.